The molecule has 0 atom stereocenters. The molecule has 0 unspecified atom stereocenters. The van der Waals surface area contributed by atoms with Crippen molar-refractivity contribution in [2.45, 2.75) is 19.3 Å². The SMILES string of the molecule is CN(C)c1ccc(C(=O)c2ccc(N3CCCCC3)cc2)c(C(=O)O)c1. The Balaban J connectivity index is 1.88. The molecule has 1 heterocycles. The second-order valence-corrected chi connectivity index (χ2v) is 6.85. The third kappa shape index (κ3) is 3.72. The van der Waals surface area contributed by atoms with Crippen molar-refractivity contribution in [1.82, 2.24) is 0 Å². The molecular formula is C21H24N2O3. The molecule has 0 amide bonds. The van der Waals surface area contributed by atoms with Gasteiger partial charge in [0.05, 0.1) is 5.56 Å². The van der Waals surface area contributed by atoms with Crippen LogP contribution in [0, 0.1) is 0 Å². The van der Waals surface area contributed by atoms with E-state index in [1.54, 1.807) is 24.3 Å². The van der Waals surface area contributed by atoms with E-state index in [0.717, 1.165) is 24.5 Å². The Morgan fingerprint density at radius 2 is 1.58 bits per heavy atom. The summed E-state index contributed by atoms with van der Waals surface area (Å²) in [4.78, 5) is 28.6. The van der Waals surface area contributed by atoms with Crippen LogP contribution in [0.3, 0.4) is 0 Å². The van der Waals surface area contributed by atoms with Crippen LogP contribution < -0.4 is 9.80 Å². The maximum absolute atomic E-state index is 12.8. The summed E-state index contributed by atoms with van der Waals surface area (Å²) in [6.45, 7) is 2.09. The molecule has 2 aromatic rings. The summed E-state index contributed by atoms with van der Waals surface area (Å²) in [6, 6.07) is 12.4. The van der Waals surface area contributed by atoms with Gasteiger partial charge >= 0.3 is 5.97 Å². The Bertz CT molecular complexity index is 807. The molecule has 26 heavy (non-hydrogen) atoms. The molecule has 0 saturated carbocycles. The maximum atomic E-state index is 12.8. The second kappa shape index (κ2) is 7.60. The molecule has 136 valence electrons. The molecule has 1 aliphatic heterocycles. The lowest BCUT2D eigenvalue weighted by molar-refractivity contribution is 0.0693. The highest BCUT2D eigenvalue weighted by molar-refractivity contribution is 6.14. The predicted octanol–water partition coefficient (Wildman–Crippen LogP) is 3.67. The Kier molecular flexibility index (Phi) is 5.26. The van der Waals surface area contributed by atoms with Crippen LogP contribution in [-0.2, 0) is 0 Å². The minimum Gasteiger partial charge on any atom is -0.478 e. The quantitative estimate of drug-likeness (QED) is 0.832. The summed E-state index contributed by atoms with van der Waals surface area (Å²) in [5, 5.41) is 9.50. The standard InChI is InChI=1S/C21H24N2O3/c1-22(2)17-10-11-18(19(14-17)21(25)26)20(24)15-6-8-16(9-7-15)23-12-4-3-5-13-23/h6-11,14H,3-5,12-13H2,1-2H3,(H,25,26). The molecule has 0 bridgehead atoms. The third-order valence-electron chi connectivity index (χ3n) is 4.85. The van der Waals surface area contributed by atoms with Gasteiger partial charge in [-0.3, -0.25) is 4.79 Å². The van der Waals surface area contributed by atoms with Gasteiger partial charge in [-0.25, -0.2) is 4.79 Å². The van der Waals surface area contributed by atoms with Gasteiger partial charge in [0.2, 0.25) is 0 Å². The van der Waals surface area contributed by atoms with Crippen molar-refractivity contribution < 1.29 is 14.7 Å². The van der Waals surface area contributed by atoms with E-state index in [9.17, 15) is 14.7 Å². The molecule has 1 fully saturated rings. The molecule has 0 aliphatic carbocycles. The lowest BCUT2D eigenvalue weighted by atomic mass is 9.97. The number of carbonyl (C=O) groups excluding carboxylic acids is 1. The second-order valence-electron chi connectivity index (χ2n) is 6.85. The highest BCUT2D eigenvalue weighted by atomic mass is 16.4. The van der Waals surface area contributed by atoms with Gasteiger partial charge in [-0.05, 0) is 61.7 Å². The molecule has 2 aromatic carbocycles. The lowest BCUT2D eigenvalue weighted by Gasteiger charge is -2.28. The summed E-state index contributed by atoms with van der Waals surface area (Å²) in [6.07, 6.45) is 3.66. The number of piperidine rings is 1. The minimum atomic E-state index is -1.10. The van der Waals surface area contributed by atoms with Crippen LogP contribution >= 0.6 is 0 Å². The third-order valence-corrected chi connectivity index (χ3v) is 4.85. The maximum Gasteiger partial charge on any atom is 0.336 e. The predicted molar refractivity (Wildman–Crippen MR) is 104 cm³/mol. The van der Waals surface area contributed by atoms with Crippen LogP contribution in [0.4, 0.5) is 11.4 Å². The van der Waals surface area contributed by atoms with Crippen molar-refractivity contribution in [1.29, 1.82) is 0 Å². The van der Waals surface area contributed by atoms with Gasteiger partial charge in [-0.1, -0.05) is 0 Å². The van der Waals surface area contributed by atoms with Crippen LogP contribution in [0.5, 0.6) is 0 Å². The van der Waals surface area contributed by atoms with E-state index in [2.05, 4.69) is 4.90 Å². The normalized spacial score (nSPS) is 14.2. The number of nitrogens with zero attached hydrogens (tertiary/aromatic N) is 2. The molecule has 1 aliphatic rings. The number of carboxylic acid groups (broad SMARTS) is 1. The van der Waals surface area contributed by atoms with Gasteiger partial charge in [0.1, 0.15) is 0 Å². The fourth-order valence-corrected chi connectivity index (χ4v) is 3.32. The largest absolute Gasteiger partial charge is 0.478 e. The number of carbonyl (C=O) groups is 2. The first-order valence-electron chi connectivity index (χ1n) is 8.92. The Labute approximate surface area is 153 Å². The van der Waals surface area contributed by atoms with Gasteiger partial charge in [0.25, 0.3) is 0 Å². The number of aromatic carboxylic acids is 1. The smallest absolute Gasteiger partial charge is 0.336 e. The first-order chi connectivity index (χ1) is 12.5. The van der Waals surface area contributed by atoms with Gasteiger partial charge in [-0.2, -0.15) is 0 Å². The number of carboxylic acids is 1. The summed E-state index contributed by atoms with van der Waals surface area (Å²) >= 11 is 0. The number of hydrogen-bond acceptors (Lipinski definition) is 4. The van der Waals surface area contributed by atoms with E-state index in [1.807, 2.05) is 31.1 Å². The van der Waals surface area contributed by atoms with Crippen molar-refractivity contribution in [3.05, 3.63) is 59.2 Å². The van der Waals surface area contributed by atoms with Gasteiger partial charge in [-0.15, -0.1) is 0 Å². The molecule has 5 nitrogen and oxygen atoms in total. The van der Waals surface area contributed by atoms with Crippen LogP contribution in [0.25, 0.3) is 0 Å². The van der Waals surface area contributed by atoms with E-state index >= 15 is 0 Å². The van der Waals surface area contributed by atoms with Crippen molar-refractivity contribution in [3.63, 3.8) is 0 Å². The number of rotatable bonds is 5. The van der Waals surface area contributed by atoms with Gasteiger partial charge in [0.15, 0.2) is 5.78 Å². The number of anilines is 2. The fourth-order valence-electron chi connectivity index (χ4n) is 3.32. The van der Waals surface area contributed by atoms with Crippen molar-refractivity contribution in [3.8, 4) is 0 Å². The summed E-state index contributed by atoms with van der Waals surface area (Å²) in [7, 11) is 3.67. The van der Waals surface area contributed by atoms with E-state index in [0.29, 0.717) is 5.56 Å². The number of ketones is 1. The van der Waals surface area contributed by atoms with Crippen LogP contribution in [0.2, 0.25) is 0 Å². The average Bonchev–Trinajstić information content (AvgIpc) is 2.67. The first kappa shape index (κ1) is 18.0. The van der Waals surface area contributed by atoms with E-state index in [4.69, 9.17) is 0 Å². The zero-order valence-electron chi connectivity index (χ0n) is 15.2. The van der Waals surface area contributed by atoms with E-state index in [1.165, 1.54) is 25.3 Å². The van der Waals surface area contributed by atoms with Gasteiger partial charge < -0.3 is 14.9 Å². The van der Waals surface area contributed by atoms with Crippen LogP contribution in [-0.4, -0.2) is 44.0 Å². The highest BCUT2D eigenvalue weighted by Gasteiger charge is 2.19. The van der Waals surface area contributed by atoms with Crippen molar-refractivity contribution in [2.24, 2.45) is 0 Å². The summed E-state index contributed by atoms with van der Waals surface area (Å²) < 4.78 is 0. The van der Waals surface area contributed by atoms with Crippen LogP contribution in [0.15, 0.2) is 42.5 Å². The van der Waals surface area contributed by atoms with Crippen molar-refractivity contribution in [2.75, 3.05) is 37.0 Å². The Morgan fingerprint density at radius 3 is 2.15 bits per heavy atom. The summed E-state index contributed by atoms with van der Waals surface area (Å²) in [5.41, 5.74) is 2.61. The molecule has 0 spiro atoms. The Hall–Kier alpha value is -2.82. The first-order valence-corrected chi connectivity index (χ1v) is 8.92. The monoisotopic (exact) mass is 352 g/mol. The summed E-state index contributed by atoms with van der Waals surface area (Å²) in [5.74, 6) is -1.36. The fraction of sp³-hybridized carbons (Fsp3) is 0.333. The molecular weight excluding hydrogens is 328 g/mol. The number of hydrogen-bond donors (Lipinski definition) is 1. The van der Waals surface area contributed by atoms with Crippen molar-refractivity contribution >= 4 is 23.1 Å². The molecule has 0 aromatic heterocycles. The molecule has 0 radical (unpaired) electrons. The zero-order chi connectivity index (χ0) is 18.7. The van der Waals surface area contributed by atoms with Gasteiger partial charge in [0, 0.05) is 49.7 Å². The minimum absolute atomic E-state index is 0.0290. The Morgan fingerprint density at radius 1 is 0.923 bits per heavy atom. The lowest BCUT2D eigenvalue weighted by Crippen LogP contribution is -2.29. The average molecular weight is 352 g/mol. The highest BCUT2D eigenvalue weighted by Crippen LogP contribution is 2.24. The molecule has 1 N–H and O–H groups in total. The number of benzene rings is 2. The van der Waals surface area contributed by atoms with E-state index < -0.39 is 5.97 Å². The molecule has 1 saturated heterocycles. The zero-order valence-corrected chi connectivity index (χ0v) is 15.2. The van der Waals surface area contributed by atoms with E-state index in [-0.39, 0.29) is 16.9 Å². The molecule has 5 heteroatoms. The topological polar surface area (TPSA) is 60.9 Å². The van der Waals surface area contributed by atoms with Crippen LogP contribution in [0.1, 0.15) is 45.5 Å². The molecule has 3 rings (SSSR count).